The van der Waals surface area contributed by atoms with Gasteiger partial charge in [-0.25, -0.2) is 13.8 Å². The summed E-state index contributed by atoms with van der Waals surface area (Å²) in [6, 6.07) is 0. The average molecular weight is 328 g/mol. The summed E-state index contributed by atoms with van der Waals surface area (Å²) in [7, 11) is 1.26. The van der Waals surface area contributed by atoms with Crippen molar-refractivity contribution in [1.82, 2.24) is 4.98 Å². The number of hydrogen-bond acceptors (Lipinski definition) is 3. The number of alkyl halides is 2. The molecule has 0 aliphatic rings. The smallest absolute Gasteiger partial charge is 0.266 e. The van der Waals surface area contributed by atoms with E-state index in [1.807, 2.05) is 0 Å². The molecule has 1 rings (SSSR count). The van der Waals surface area contributed by atoms with E-state index in [-0.39, 0.29) is 11.3 Å². The van der Waals surface area contributed by atoms with Crippen LogP contribution in [-0.2, 0) is 0 Å². The topological polar surface area (TPSA) is 65.2 Å². The second-order valence-corrected chi connectivity index (χ2v) is 3.60. The molecular formula is C8H7F2IN2O2. The standard InChI is InChI=1S/C8H7F2IN2O2/c1-15-5-4(8(12)14)3(6(9)10)2-13-7(5)11/h2,6H,1H3,(H2,12,14). The molecule has 0 saturated carbocycles. The van der Waals surface area contributed by atoms with E-state index in [2.05, 4.69) is 4.98 Å². The molecule has 0 spiro atoms. The predicted molar refractivity (Wildman–Crippen MR) is 57.0 cm³/mol. The summed E-state index contributed by atoms with van der Waals surface area (Å²) in [5, 5.41) is 0. The van der Waals surface area contributed by atoms with Gasteiger partial charge in [0.15, 0.2) is 5.75 Å². The van der Waals surface area contributed by atoms with E-state index < -0.39 is 17.9 Å². The van der Waals surface area contributed by atoms with E-state index in [1.165, 1.54) is 7.11 Å². The molecule has 0 unspecified atom stereocenters. The van der Waals surface area contributed by atoms with Crippen molar-refractivity contribution in [2.24, 2.45) is 5.73 Å². The van der Waals surface area contributed by atoms with Crippen LogP contribution in [0.3, 0.4) is 0 Å². The Balaban J connectivity index is 3.49. The van der Waals surface area contributed by atoms with Crippen LogP contribution in [0, 0.1) is 3.70 Å². The molecule has 0 saturated heterocycles. The summed E-state index contributed by atoms with van der Waals surface area (Å²) >= 11 is 1.77. The summed E-state index contributed by atoms with van der Waals surface area (Å²) in [5.41, 5.74) is 4.19. The lowest BCUT2D eigenvalue weighted by molar-refractivity contribution is 0.0981. The third-order valence-corrected chi connectivity index (χ3v) is 2.47. The number of methoxy groups -OCH3 is 1. The number of rotatable bonds is 3. The number of amides is 1. The minimum absolute atomic E-state index is 0.0131. The highest BCUT2D eigenvalue weighted by Gasteiger charge is 2.23. The van der Waals surface area contributed by atoms with Crippen LogP contribution in [0.1, 0.15) is 22.3 Å². The Morgan fingerprint density at radius 2 is 2.27 bits per heavy atom. The molecule has 7 heteroatoms. The maximum absolute atomic E-state index is 12.5. The molecule has 15 heavy (non-hydrogen) atoms. The molecule has 0 aromatic carbocycles. The van der Waals surface area contributed by atoms with E-state index in [1.54, 1.807) is 22.6 Å². The summed E-state index contributed by atoms with van der Waals surface area (Å²) in [5.74, 6) is -0.969. The van der Waals surface area contributed by atoms with Gasteiger partial charge in [0.2, 0.25) is 0 Å². The molecule has 0 atom stereocenters. The lowest BCUT2D eigenvalue weighted by atomic mass is 10.1. The zero-order valence-electron chi connectivity index (χ0n) is 7.63. The number of pyridine rings is 1. The number of hydrogen-bond donors (Lipinski definition) is 1. The average Bonchev–Trinajstić information content (AvgIpc) is 2.16. The highest BCUT2D eigenvalue weighted by molar-refractivity contribution is 14.1. The van der Waals surface area contributed by atoms with Crippen LogP contribution in [-0.4, -0.2) is 18.0 Å². The van der Waals surface area contributed by atoms with Gasteiger partial charge in [0, 0.05) is 6.20 Å². The molecule has 1 amide bonds. The Labute approximate surface area is 98.0 Å². The van der Waals surface area contributed by atoms with Crippen LogP contribution < -0.4 is 10.5 Å². The first-order chi connectivity index (χ1) is 6.99. The summed E-state index contributed by atoms with van der Waals surface area (Å²) in [4.78, 5) is 14.7. The van der Waals surface area contributed by atoms with Crippen LogP contribution >= 0.6 is 22.6 Å². The number of carbonyl (C=O) groups excluding carboxylic acids is 1. The summed E-state index contributed by atoms with van der Waals surface area (Å²) in [6.07, 6.45) is -1.89. The van der Waals surface area contributed by atoms with Crippen LogP contribution in [0.5, 0.6) is 5.75 Å². The molecule has 4 nitrogen and oxygen atoms in total. The van der Waals surface area contributed by atoms with Crippen LogP contribution in [0.25, 0.3) is 0 Å². The minimum atomic E-state index is -2.81. The SMILES string of the molecule is COc1c(I)ncc(C(F)F)c1C(N)=O. The molecule has 1 heterocycles. The number of ether oxygens (including phenoxy) is 1. The van der Waals surface area contributed by atoms with E-state index in [9.17, 15) is 13.6 Å². The fourth-order valence-corrected chi connectivity index (χ4v) is 1.72. The molecule has 2 N–H and O–H groups in total. The molecule has 0 aliphatic heterocycles. The molecule has 0 fully saturated rings. The number of nitrogens with two attached hydrogens (primary N) is 1. The largest absolute Gasteiger partial charge is 0.493 e. The zero-order valence-corrected chi connectivity index (χ0v) is 9.79. The third-order valence-electron chi connectivity index (χ3n) is 1.71. The van der Waals surface area contributed by atoms with Crippen molar-refractivity contribution in [1.29, 1.82) is 0 Å². The number of carbonyl (C=O) groups is 1. The lowest BCUT2D eigenvalue weighted by Crippen LogP contribution is -2.17. The monoisotopic (exact) mass is 328 g/mol. The normalized spacial score (nSPS) is 10.5. The van der Waals surface area contributed by atoms with E-state index in [4.69, 9.17) is 10.5 Å². The predicted octanol–water partition coefficient (Wildman–Crippen LogP) is 1.73. The maximum atomic E-state index is 12.5. The number of aromatic nitrogens is 1. The number of nitrogens with zero attached hydrogens (tertiary/aromatic N) is 1. The summed E-state index contributed by atoms with van der Waals surface area (Å²) in [6.45, 7) is 0. The van der Waals surface area contributed by atoms with E-state index in [0.29, 0.717) is 3.70 Å². The first kappa shape index (κ1) is 12.1. The van der Waals surface area contributed by atoms with Gasteiger partial charge < -0.3 is 10.5 Å². The van der Waals surface area contributed by atoms with Crippen molar-refractivity contribution in [3.05, 3.63) is 21.0 Å². The Morgan fingerprint density at radius 3 is 2.67 bits per heavy atom. The van der Waals surface area contributed by atoms with Crippen LogP contribution in [0.2, 0.25) is 0 Å². The Hall–Kier alpha value is -0.990. The second kappa shape index (κ2) is 4.69. The minimum Gasteiger partial charge on any atom is -0.493 e. The molecule has 0 bridgehead atoms. The van der Waals surface area contributed by atoms with Crippen molar-refractivity contribution in [3.63, 3.8) is 0 Å². The highest BCUT2D eigenvalue weighted by Crippen LogP contribution is 2.31. The van der Waals surface area contributed by atoms with Crippen molar-refractivity contribution in [3.8, 4) is 5.75 Å². The lowest BCUT2D eigenvalue weighted by Gasteiger charge is -2.11. The maximum Gasteiger partial charge on any atom is 0.266 e. The van der Waals surface area contributed by atoms with Gasteiger partial charge in [-0.05, 0) is 22.6 Å². The number of halogens is 3. The van der Waals surface area contributed by atoms with Crippen molar-refractivity contribution < 1.29 is 18.3 Å². The van der Waals surface area contributed by atoms with E-state index >= 15 is 0 Å². The first-order valence-electron chi connectivity index (χ1n) is 3.79. The molecule has 0 aliphatic carbocycles. The Bertz CT molecular complexity index is 398. The van der Waals surface area contributed by atoms with Crippen molar-refractivity contribution in [2.75, 3.05) is 7.11 Å². The highest BCUT2D eigenvalue weighted by atomic mass is 127. The molecule has 0 radical (unpaired) electrons. The van der Waals surface area contributed by atoms with Gasteiger partial charge in [-0.3, -0.25) is 4.79 Å². The fourth-order valence-electron chi connectivity index (χ4n) is 1.09. The van der Waals surface area contributed by atoms with Gasteiger partial charge >= 0.3 is 0 Å². The van der Waals surface area contributed by atoms with Gasteiger partial charge in [-0.15, -0.1) is 0 Å². The molecule has 1 aromatic rings. The van der Waals surface area contributed by atoms with Gasteiger partial charge in [0.1, 0.15) is 3.70 Å². The molecule has 1 aromatic heterocycles. The molecular weight excluding hydrogens is 321 g/mol. The van der Waals surface area contributed by atoms with Gasteiger partial charge in [-0.1, -0.05) is 0 Å². The zero-order chi connectivity index (χ0) is 11.6. The van der Waals surface area contributed by atoms with Crippen LogP contribution in [0.4, 0.5) is 8.78 Å². The van der Waals surface area contributed by atoms with Gasteiger partial charge in [0.25, 0.3) is 12.3 Å². The Morgan fingerprint density at radius 1 is 1.67 bits per heavy atom. The van der Waals surface area contributed by atoms with E-state index in [0.717, 1.165) is 6.20 Å². The van der Waals surface area contributed by atoms with Crippen molar-refractivity contribution in [2.45, 2.75) is 6.43 Å². The summed E-state index contributed by atoms with van der Waals surface area (Å²) < 4.78 is 30.2. The molecule has 82 valence electrons. The van der Waals surface area contributed by atoms with Gasteiger partial charge in [-0.2, -0.15) is 0 Å². The van der Waals surface area contributed by atoms with Crippen LogP contribution in [0.15, 0.2) is 6.20 Å². The van der Waals surface area contributed by atoms with Gasteiger partial charge in [0.05, 0.1) is 18.2 Å². The first-order valence-corrected chi connectivity index (χ1v) is 4.87. The second-order valence-electron chi connectivity index (χ2n) is 2.58. The quantitative estimate of drug-likeness (QED) is 0.679. The van der Waals surface area contributed by atoms with Crippen molar-refractivity contribution >= 4 is 28.5 Å². The number of primary amides is 1. The third kappa shape index (κ3) is 2.33. The fraction of sp³-hybridized carbons (Fsp3) is 0.250. The Kier molecular flexibility index (Phi) is 3.77.